The summed E-state index contributed by atoms with van der Waals surface area (Å²) in [5.74, 6) is -0.595. The number of imide groups is 1. The Labute approximate surface area is 153 Å². The molecular weight excluding hydrogens is 356 g/mol. The number of nitro groups is 1. The summed E-state index contributed by atoms with van der Waals surface area (Å²) in [7, 11) is 0. The predicted molar refractivity (Wildman–Crippen MR) is 89.5 cm³/mol. The van der Waals surface area contributed by atoms with Crippen molar-refractivity contribution in [2.24, 2.45) is 23.7 Å². The van der Waals surface area contributed by atoms with E-state index in [2.05, 4.69) is 0 Å². The molecule has 4 atom stereocenters. The Hall–Kier alpha value is -3.23. The van der Waals surface area contributed by atoms with Gasteiger partial charge < -0.3 is 9.47 Å². The minimum atomic E-state index is -1.01. The molecule has 0 radical (unpaired) electrons. The largest absolute Gasteiger partial charge is 0.513 e. The number of ether oxygens (including phenoxy) is 2. The van der Waals surface area contributed by atoms with Gasteiger partial charge in [-0.2, -0.15) is 0 Å². The zero-order valence-corrected chi connectivity index (χ0v) is 14.1. The number of likely N-dealkylation sites (tertiary alicyclic amines) is 1. The van der Waals surface area contributed by atoms with Gasteiger partial charge in [0.15, 0.2) is 0 Å². The van der Waals surface area contributed by atoms with E-state index in [1.54, 1.807) is 0 Å². The molecule has 1 heterocycles. The van der Waals surface area contributed by atoms with Crippen LogP contribution in [0.15, 0.2) is 36.4 Å². The molecule has 1 aromatic rings. The van der Waals surface area contributed by atoms with Crippen LogP contribution in [0.5, 0.6) is 5.75 Å². The summed E-state index contributed by atoms with van der Waals surface area (Å²) in [5, 5.41) is 10.6. The fourth-order valence-corrected chi connectivity index (χ4v) is 4.17. The van der Waals surface area contributed by atoms with Gasteiger partial charge in [0.05, 0.1) is 23.3 Å². The van der Waals surface area contributed by atoms with Crippen LogP contribution in [0.4, 0.5) is 10.5 Å². The summed E-state index contributed by atoms with van der Waals surface area (Å²) >= 11 is 0. The predicted octanol–water partition coefficient (Wildman–Crippen LogP) is 1.92. The van der Waals surface area contributed by atoms with Gasteiger partial charge in [0.2, 0.25) is 11.8 Å². The first kappa shape index (κ1) is 17.2. The lowest BCUT2D eigenvalue weighted by atomic mass is 9.85. The van der Waals surface area contributed by atoms with Crippen LogP contribution in [0.2, 0.25) is 0 Å². The number of fused-ring (bicyclic) bond motifs is 5. The smallest absolute Gasteiger partial charge is 0.432 e. The van der Waals surface area contributed by atoms with E-state index >= 15 is 0 Å². The molecule has 0 N–H and O–H groups in total. The maximum Gasteiger partial charge on any atom is 0.513 e. The monoisotopic (exact) mass is 372 g/mol. The van der Waals surface area contributed by atoms with Gasteiger partial charge >= 0.3 is 6.16 Å². The van der Waals surface area contributed by atoms with Crippen molar-refractivity contribution >= 4 is 23.7 Å². The Balaban J connectivity index is 1.27. The lowest BCUT2D eigenvalue weighted by molar-refractivity contribution is -0.384. The third kappa shape index (κ3) is 2.94. The molecule has 0 spiro atoms. The van der Waals surface area contributed by atoms with Crippen LogP contribution in [0, 0.1) is 33.8 Å². The first-order chi connectivity index (χ1) is 13.0. The van der Waals surface area contributed by atoms with E-state index in [9.17, 15) is 24.5 Å². The van der Waals surface area contributed by atoms with Gasteiger partial charge in [-0.3, -0.25) is 24.6 Å². The Bertz CT molecular complexity index is 818. The molecular formula is C18H16N2O7. The summed E-state index contributed by atoms with van der Waals surface area (Å²) in [5.41, 5.74) is -0.129. The van der Waals surface area contributed by atoms with Gasteiger partial charge in [-0.15, -0.1) is 0 Å². The van der Waals surface area contributed by atoms with Gasteiger partial charge in [-0.25, -0.2) is 4.79 Å². The minimum Gasteiger partial charge on any atom is -0.432 e. The third-order valence-electron chi connectivity index (χ3n) is 5.35. The molecule has 4 unspecified atom stereocenters. The van der Waals surface area contributed by atoms with Crippen molar-refractivity contribution in [2.75, 3.05) is 13.2 Å². The summed E-state index contributed by atoms with van der Waals surface area (Å²) in [6, 6.07) is 4.95. The Kier molecular flexibility index (Phi) is 4.14. The maximum atomic E-state index is 12.5. The van der Waals surface area contributed by atoms with Crippen molar-refractivity contribution in [3.8, 4) is 5.75 Å². The topological polar surface area (TPSA) is 116 Å². The summed E-state index contributed by atoms with van der Waals surface area (Å²) in [6.45, 7) is -0.190. The lowest BCUT2D eigenvalue weighted by Gasteiger charge is -2.16. The second kappa shape index (κ2) is 6.49. The van der Waals surface area contributed by atoms with Gasteiger partial charge in [0.25, 0.3) is 5.69 Å². The molecule has 3 aliphatic rings. The standard InChI is InChI=1S/C18H16N2O7/c21-16-14-10-1-2-11(9-10)15(14)17(22)19(16)7-8-26-18(23)27-13-5-3-12(4-6-13)20(24)25/h1-6,10-11,14-15H,7-9H2. The van der Waals surface area contributed by atoms with Crippen LogP contribution < -0.4 is 4.74 Å². The van der Waals surface area contributed by atoms with Crippen LogP contribution in [0.25, 0.3) is 0 Å². The fourth-order valence-electron chi connectivity index (χ4n) is 4.17. The number of rotatable bonds is 5. The molecule has 4 rings (SSSR count). The molecule has 2 bridgehead atoms. The Morgan fingerprint density at radius 1 is 1.11 bits per heavy atom. The maximum absolute atomic E-state index is 12.5. The van der Waals surface area contributed by atoms with E-state index in [0.717, 1.165) is 6.42 Å². The van der Waals surface area contributed by atoms with Gasteiger partial charge in [0.1, 0.15) is 12.4 Å². The van der Waals surface area contributed by atoms with Crippen LogP contribution in [-0.4, -0.2) is 40.9 Å². The van der Waals surface area contributed by atoms with Crippen LogP contribution in [0.1, 0.15) is 6.42 Å². The second-order valence-electron chi connectivity index (χ2n) is 6.78. The van der Waals surface area contributed by atoms with Gasteiger partial charge in [-0.1, -0.05) is 12.2 Å². The first-order valence-corrected chi connectivity index (χ1v) is 8.58. The number of carbonyl (C=O) groups is 3. The number of nitro benzene ring substituents is 1. The van der Waals surface area contributed by atoms with Crippen molar-refractivity contribution in [1.82, 2.24) is 4.90 Å². The molecule has 1 aliphatic heterocycles. The fraction of sp³-hybridized carbons (Fsp3) is 0.389. The molecule has 1 aromatic carbocycles. The number of nitrogens with zero attached hydrogens (tertiary/aromatic N) is 2. The van der Waals surface area contributed by atoms with Crippen molar-refractivity contribution in [1.29, 1.82) is 0 Å². The SMILES string of the molecule is O=C(OCCN1C(=O)C2C3C=CC(C3)C2C1=O)Oc1ccc([N+](=O)[O-])cc1. The minimum absolute atomic E-state index is 0.0144. The summed E-state index contributed by atoms with van der Waals surface area (Å²) in [4.78, 5) is 47.9. The van der Waals surface area contributed by atoms with Crippen molar-refractivity contribution < 1.29 is 28.8 Å². The highest BCUT2D eigenvalue weighted by Gasteiger charge is 2.59. The van der Waals surface area contributed by atoms with Crippen molar-refractivity contribution in [3.05, 3.63) is 46.5 Å². The zero-order chi connectivity index (χ0) is 19.1. The van der Waals surface area contributed by atoms with E-state index in [4.69, 9.17) is 9.47 Å². The number of non-ortho nitro benzene ring substituents is 1. The number of allylic oxidation sites excluding steroid dienone is 2. The molecule has 140 valence electrons. The van der Waals surface area contributed by atoms with E-state index in [-0.39, 0.29) is 60.1 Å². The Morgan fingerprint density at radius 3 is 2.26 bits per heavy atom. The van der Waals surface area contributed by atoms with Crippen molar-refractivity contribution in [2.45, 2.75) is 6.42 Å². The number of hydrogen-bond acceptors (Lipinski definition) is 7. The molecule has 0 aromatic heterocycles. The van der Waals surface area contributed by atoms with Crippen LogP contribution in [0.3, 0.4) is 0 Å². The number of benzene rings is 1. The molecule has 27 heavy (non-hydrogen) atoms. The average Bonchev–Trinajstić information content (AvgIpc) is 3.31. The van der Waals surface area contributed by atoms with Crippen LogP contribution in [-0.2, 0) is 14.3 Å². The van der Waals surface area contributed by atoms with E-state index in [0.29, 0.717) is 0 Å². The lowest BCUT2D eigenvalue weighted by Crippen LogP contribution is -2.36. The average molecular weight is 372 g/mol. The molecule has 9 nitrogen and oxygen atoms in total. The summed E-state index contributed by atoms with van der Waals surface area (Å²) in [6.07, 6.45) is 3.88. The highest BCUT2D eigenvalue weighted by molar-refractivity contribution is 6.06. The van der Waals surface area contributed by atoms with Crippen LogP contribution >= 0.6 is 0 Å². The summed E-state index contributed by atoms with van der Waals surface area (Å²) < 4.78 is 9.82. The highest BCUT2D eigenvalue weighted by Crippen LogP contribution is 2.52. The van der Waals surface area contributed by atoms with E-state index in [1.165, 1.54) is 29.2 Å². The van der Waals surface area contributed by atoms with Crippen molar-refractivity contribution in [3.63, 3.8) is 0 Å². The third-order valence-corrected chi connectivity index (χ3v) is 5.35. The van der Waals surface area contributed by atoms with E-state index < -0.39 is 11.1 Å². The first-order valence-electron chi connectivity index (χ1n) is 8.58. The second-order valence-corrected chi connectivity index (χ2v) is 6.78. The van der Waals surface area contributed by atoms with Gasteiger partial charge in [0, 0.05) is 12.1 Å². The highest BCUT2D eigenvalue weighted by atomic mass is 16.7. The molecule has 2 aliphatic carbocycles. The quantitative estimate of drug-likeness (QED) is 0.194. The molecule has 1 saturated heterocycles. The van der Waals surface area contributed by atoms with Gasteiger partial charge in [-0.05, 0) is 30.4 Å². The number of hydrogen-bond donors (Lipinski definition) is 0. The number of amides is 2. The Morgan fingerprint density at radius 2 is 1.70 bits per heavy atom. The zero-order valence-electron chi connectivity index (χ0n) is 14.1. The normalized spacial score (nSPS) is 27.8. The molecule has 1 saturated carbocycles. The molecule has 2 amide bonds. The number of carbonyl (C=O) groups excluding carboxylic acids is 3. The molecule has 2 fully saturated rings. The van der Waals surface area contributed by atoms with E-state index in [1.807, 2.05) is 12.2 Å². The molecule has 9 heteroatoms.